The smallest absolute Gasteiger partial charge is 0.190 e. The van der Waals surface area contributed by atoms with Gasteiger partial charge in [0.05, 0.1) is 12.7 Å². The Balaban J connectivity index is 2.53. The summed E-state index contributed by atoms with van der Waals surface area (Å²) in [4.78, 5) is 0. The molecule has 5 heteroatoms. The number of halogens is 2. The van der Waals surface area contributed by atoms with Gasteiger partial charge in [0.2, 0.25) is 0 Å². The van der Waals surface area contributed by atoms with Crippen LogP contribution in [-0.4, -0.2) is 13.2 Å². The molecule has 0 saturated carbocycles. The van der Waals surface area contributed by atoms with Gasteiger partial charge in [-0.05, 0) is 43.5 Å². The molecule has 0 amide bonds. The molecule has 0 heterocycles. The van der Waals surface area contributed by atoms with Gasteiger partial charge in [-0.3, -0.25) is 0 Å². The molecule has 1 N–H and O–H groups in total. The molecule has 0 radical (unpaired) electrons. The molecule has 1 rings (SSSR count). The van der Waals surface area contributed by atoms with E-state index in [1.54, 1.807) is 0 Å². The van der Waals surface area contributed by atoms with E-state index in [0.29, 0.717) is 31.4 Å². The van der Waals surface area contributed by atoms with Crippen molar-refractivity contribution in [3.05, 3.63) is 29.3 Å². The monoisotopic (exact) mass is 282 g/mol. The molecule has 0 aliphatic rings. The third-order valence-electron chi connectivity index (χ3n) is 2.74. The summed E-state index contributed by atoms with van der Waals surface area (Å²) < 4.78 is 32.6. The predicted molar refractivity (Wildman–Crippen MR) is 73.3 cm³/mol. The fourth-order valence-corrected chi connectivity index (χ4v) is 1.74. The third-order valence-corrected chi connectivity index (χ3v) is 2.74. The molecule has 0 spiro atoms. The second-order valence-electron chi connectivity index (χ2n) is 4.53. The molecule has 0 aliphatic heterocycles. The molecule has 1 aromatic carbocycles. The van der Waals surface area contributed by atoms with Gasteiger partial charge in [0, 0.05) is 13.0 Å². The van der Waals surface area contributed by atoms with Crippen LogP contribution in [0.15, 0.2) is 12.1 Å². The highest BCUT2D eigenvalue weighted by Crippen LogP contribution is 2.23. The number of hydrogen-bond acceptors (Lipinski definition) is 3. The largest absolute Gasteiger partial charge is 0.488 e. The fraction of sp³-hybridized carbons (Fsp3) is 0.533. The standard InChI is InChI=1S/C15H20F2N2O/c1-2-7-19-11-12-9-13(16)15(14(17)10-12)20-8-5-3-4-6-18/h9-10,19H,2-5,7-8,11H2,1H3. The summed E-state index contributed by atoms with van der Waals surface area (Å²) in [6, 6.07) is 4.59. The molecule has 0 atom stereocenters. The van der Waals surface area contributed by atoms with E-state index in [-0.39, 0.29) is 12.4 Å². The maximum atomic E-state index is 13.8. The zero-order valence-corrected chi connectivity index (χ0v) is 11.7. The maximum absolute atomic E-state index is 13.8. The summed E-state index contributed by atoms with van der Waals surface area (Å²) >= 11 is 0. The van der Waals surface area contributed by atoms with Gasteiger partial charge in [0.25, 0.3) is 0 Å². The van der Waals surface area contributed by atoms with Gasteiger partial charge in [-0.15, -0.1) is 0 Å². The number of benzene rings is 1. The van der Waals surface area contributed by atoms with Gasteiger partial charge >= 0.3 is 0 Å². The minimum atomic E-state index is -0.682. The Morgan fingerprint density at radius 2 is 1.95 bits per heavy atom. The van der Waals surface area contributed by atoms with Crippen molar-refractivity contribution in [3.8, 4) is 11.8 Å². The molecular formula is C15H20F2N2O. The first-order valence-corrected chi connectivity index (χ1v) is 6.87. The van der Waals surface area contributed by atoms with Crippen LogP contribution in [0, 0.1) is 23.0 Å². The molecule has 0 unspecified atom stereocenters. The van der Waals surface area contributed by atoms with E-state index in [9.17, 15) is 8.78 Å². The Bertz CT molecular complexity index is 435. The quantitative estimate of drug-likeness (QED) is 0.705. The zero-order chi connectivity index (χ0) is 14.8. The van der Waals surface area contributed by atoms with Gasteiger partial charge in [0.1, 0.15) is 0 Å². The maximum Gasteiger partial charge on any atom is 0.190 e. The van der Waals surface area contributed by atoms with Gasteiger partial charge < -0.3 is 10.1 Å². The molecule has 3 nitrogen and oxygen atoms in total. The summed E-state index contributed by atoms with van der Waals surface area (Å²) in [6.45, 7) is 3.48. The average molecular weight is 282 g/mol. The van der Waals surface area contributed by atoms with Crippen LogP contribution in [0.2, 0.25) is 0 Å². The number of nitriles is 1. The summed E-state index contributed by atoms with van der Waals surface area (Å²) in [5.41, 5.74) is 0.560. The summed E-state index contributed by atoms with van der Waals surface area (Å²) in [6.07, 6.45) is 2.66. The van der Waals surface area contributed by atoms with Crippen LogP contribution >= 0.6 is 0 Å². The Hall–Kier alpha value is -1.67. The van der Waals surface area contributed by atoms with Crippen molar-refractivity contribution in [2.45, 2.75) is 39.2 Å². The number of ether oxygens (including phenoxy) is 1. The topological polar surface area (TPSA) is 45.0 Å². The fourth-order valence-electron chi connectivity index (χ4n) is 1.74. The minimum Gasteiger partial charge on any atom is -0.488 e. The van der Waals surface area contributed by atoms with Crippen molar-refractivity contribution >= 4 is 0 Å². The number of rotatable bonds is 9. The highest BCUT2D eigenvalue weighted by molar-refractivity contribution is 5.31. The van der Waals surface area contributed by atoms with E-state index in [1.165, 1.54) is 12.1 Å². The van der Waals surface area contributed by atoms with E-state index < -0.39 is 11.6 Å². The Kier molecular flexibility index (Phi) is 7.59. The molecule has 0 aromatic heterocycles. The van der Waals surface area contributed by atoms with Crippen LogP contribution < -0.4 is 10.1 Å². The summed E-state index contributed by atoms with van der Waals surface area (Å²) in [5, 5.41) is 11.5. The highest BCUT2D eigenvalue weighted by atomic mass is 19.1. The average Bonchev–Trinajstić information content (AvgIpc) is 2.41. The lowest BCUT2D eigenvalue weighted by atomic mass is 10.2. The van der Waals surface area contributed by atoms with Crippen LogP contribution in [0.1, 0.15) is 38.2 Å². The van der Waals surface area contributed by atoms with Crippen LogP contribution in [0.4, 0.5) is 8.78 Å². The van der Waals surface area contributed by atoms with Crippen molar-refractivity contribution in [3.63, 3.8) is 0 Å². The zero-order valence-electron chi connectivity index (χ0n) is 11.7. The molecular weight excluding hydrogens is 262 g/mol. The van der Waals surface area contributed by atoms with Gasteiger partial charge in [-0.1, -0.05) is 6.92 Å². The molecule has 1 aromatic rings. The van der Waals surface area contributed by atoms with Crippen LogP contribution in [-0.2, 0) is 6.54 Å². The van der Waals surface area contributed by atoms with E-state index in [1.807, 2.05) is 13.0 Å². The molecule has 0 fully saturated rings. The Morgan fingerprint density at radius 3 is 2.55 bits per heavy atom. The van der Waals surface area contributed by atoms with Crippen molar-refractivity contribution in [1.82, 2.24) is 5.32 Å². The summed E-state index contributed by atoms with van der Waals surface area (Å²) in [7, 11) is 0. The number of hydrogen-bond donors (Lipinski definition) is 1. The van der Waals surface area contributed by atoms with E-state index in [2.05, 4.69) is 5.32 Å². The lowest BCUT2D eigenvalue weighted by molar-refractivity contribution is 0.277. The normalized spacial score (nSPS) is 10.3. The van der Waals surface area contributed by atoms with Gasteiger partial charge in [-0.25, -0.2) is 8.78 Å². The first kappa shape index (κ1) is 16.4. The molecule has 110 valence electrons. The first-order valence-electron chi connectivity index (χ1n) is 6.87. The SMILES string of the molecule is CCCNCc1cc(F)c(OCCCCC#N)c(F)c1. The molecule has 0 saturated heterocycles. The van der Waals surface area contributed by atoms with Crippen LogP contribution in [0.3, 0.4) is 0 Å². The van der Waals surface area contributed by atoms with Crippen LogP contribution in [0.25, 0.3) is 0 Å². The van der Waals surface area contributed by atoms with Crippen LogP contribution in [0.5, 0.6) is 5.75 Å². The lowest BCUT2D eigenvalue weighted by Crippen LogP contribution is -2.14. The summed E-state index contributed by atoms with van der Waals surface area (Å²) in [5.74, 6) is -1.70. The molecule has 20 heavy (non-hydrogen) atoms. The second kappa shape index (κ2) is 9.27. The van der Waals surface area contributed by atoms with Crippen molar-refractivity contribution in [2.75, 3.05) is 13.2 Å². The highest BCUT2D eigenvalue weighted by Gasteiger charge is 2.12. The van der Waals surface area contributed by atoms with Crippen molar-refractivity contribution in [1.29, 1.82) is 5.26 Å². The predicted octanol–water partition coefficient (Wildman–Crippen LogP) is 3.54. The van der Waals surface area contributed by atoms with E-state index in [0.717, 1.165) is 13.0 Å². The minimum absolute atomic E-state index is 0.211. The third kappa shape index (κ3) is 5.54. The Labute approximate surface area is 118 Å². The van der Waals surface area contributed by atoms with Gasteiger partial charge in [-0.2, -0.15) is 5.26 Å². The van der Waals surface area contributed by atoms with E-state index in [4.69, 9.17) is 10.00 Å². The van der Waals surface area contributed by atoms with E-state index >= 15 is 0 Å². The first-order chi connectivity index (χ1) is 9.69. The molecule has 0 bridgehead atoms. The van der Waals surface area contributed by atoms with Crippen molar-refractivity contribution < 1.29 is 13.5 Å². The van der Waals surface area contributed by atoms with Gasteiger partial charge in [0.15, 0.2) is 17.4 Å². The Morgan fingerprint density at radius 1 is 1.25 bits per heavy atom. The lowest BCUT2D eigenvalue weighted by Gasteiger charge is -2.10. The van der Waals surface area contributed by atoms with Crippen molar-refractivity contribution in [2.24, 2.45) is 0 Å². The number of unbranched alkanes of at least 4 members (excludes halogenated alkanes) is 2. The number of nitrogens with one attached hydrogen (secondary N) is 1. The molecule has 0 aliphatic carbocycles. The number of nitrogens with zero attached hydrogens (tertiary/aromatic N) is 1. The second-order valence-corrected chi connectivity index (χ2v) is 4.53.